The van der Waals surface area contributed by atoms with Crippen molar-refractivity contribution in [2.45, 2.75) is 38.8 Å². The molecule has 1 saturated carbocycles. The Hall–Kier alpha value is -1.26. The molecule has 1 unspecified atom stereocenters. The minimum absolute atomic E-state index is 0.267. The van der Waals surface area contributed by atoms with E-state index in [1.54, 1.807) is 14.2 Å². The molecule has 1 aliphatic carbocycles. The molecule has 0 heterocycles. The summed E-state index contributed by atoms with van der Waals surface area (Å²) in [6, 6.07) is 7.11. The monoisotopic (exact) mass is 292 g/mol. The highest BCUT2D eigenvalue weighted by Gasteiger charge is 2.27. The predicted octanol–water partition coefficient (Wildman–Crippen LogP) is 2.84. The third-order valence-corrected chi connectivity index (χ3v) is 4.23. The second-order valence-electron chi connectivity index (χ2n) is 5.64. The van der Waals surface area contributed by atoms with Gasteiger partial charge in [-0.1, -0.05) is 13.0 Å². The van der Waals surface area contributed by atoms with Crippen molar-refractivity contribution in [2.75, 3.05) is 33.9 Å². The van der Waals surface area contributed by atoms with Gasteiger partial charge in [-0.3, -0.25) is 4.90 Å². The van der Waals surface area contributed by atoms with Crippen LogP contribution in [0.4, 0.5) is 0 Å². The van der Waals surface area contributed by atoms with Crippen molar-refractivity contribution in [2.24, 2.45) is 0 Å². The number of methoxy groups -OCH3 is 2. The summed E-state index contributed by atoms with van der Waals surface area (Å²) in [6.07, 6.45) is 2.74. The molecular formula is C17H28N2O2. The first-order valence-electron chi connectivity index (χ1n) is 7.89. The predicted molar refractivity (Wildman–Crippen MR) is 86.2 cm³/mol. The molecular weight excluding hydrogens is 264 g/mol. The van der Waals surface area contributed by atoms with Crippen LogP contribution in [0.1, 0.15) is 38.3 Å². The van der Waals surface area contributed by atoms with E-state index in [2.05, 4.69) is 30.1 Å². The highest BCUT2D eigenvalue weighted by Crippen LogP contribution is 2.29. The molecule has 4 nitrogen and oxygen atoms in total. The first-order chi connectivity index (χ1) is 10.2. The zero-order valence-corrected chi connectivity index (χ0v) is 13.7. The summed E-state index contributed by atoms with van der Waals surface area (Å²) >= 11 is 0. The fourth-order valence-corrected chi connectivity index (χ4v) is 2.75. The van der Waals surface area contributed by atoms with E-state index in [4.69, 9.17) is 9.47 Å². The number of benzene rings is 1. The van der Waals surface area contributed by atoms with Gasteiger partial charge in [0.1, 0.15) is 11.5 Å². The lowest BCUT2D eigenvalue weighted by molar-refractivity contribution is 0.273. The summed E-state index contributed by atoms with van der Waals surface area (Å²) in [6.45, 7) is 7.68. The summed E-state index contributed by atoms with van der Waals surface area (Å²) in [4.78, 5) is 2.56. The molecule has 21 heavy (non-hydrogen) atoms. The third kappa shape index (κ3) is 4.35. The molecule has 1 N–H and O–H groups in total. The Kier molecular flexibility index (Phi) is 5.88. The van der Waals surface area contributed by atoms with Crippen molar-refractivity contribution in [3.05, 3.63) is 23.8 Å². The van der Waals surface area contributed by atoms with Gasteiger partial charge in [0, 0.05) is 36.8 Å². The van der Waals surface area contributed by atoms with Crippen molar-refractivity contribution in [1.82, 2.24) is 10.2 Å². The van der Waals surface area contributed by atoms with Crippen LogP contribution in [0.2, 0.25) is 0 Å². The molecule has 4 heteroatoms. The summed E-state index contributed by atoms with van der Waals surface area (Å²) < 4.78 is 10.7. The standard InChI is InChI=1S/C17H28N2O2/c1-5-19(14-6-7-14)11-10-18-13(2)16-9-8-15(20-3)12-17(16)21-4/h8-9,12-14,18H,5-7,10-11H2,1-4H3. The zero-order valence-electron chi connectivity index (χ0n) is 13.7. The highest BCUT2D eigenvalue weighted by atomic mass is 16.5. The van der Waals surface area contributed by atoms with E-state index in [1.807, 2.05) is 12.1 Å². The molecule has 1 aliphatic rings. The Labute approximate surface area is 128 Å². The molecule has 0 aliphatic heterocycles. The van der Waals surface area contributed by atoms with Crippen molar-refractivity contribution in [3.8, 4) is 11.5 Å². The molecule has 118 valence electrons. The van der Waals surface area contributed by atoms with Crippen LogP contribution in [-0.4, -0.2) is 44.8 Å². The fourth-order valence-electron chi connectivity index (χ4n) is 2.75. The molecule has 0 radical (unpaired) electrons. The topological polar surface area (TPSA) is 33.7 Å². The van der Waals surface area contributed by atoms with E-state index in [0.29, 0.717) is 0 Å². The van der Waals surface area contributed by atoms with E-state index in [9.17, 15) is 0 Å². The van der Waals surface area contributed by atoms with Crippen molar-refractivity contribution < 1.29 is 9.47 Å². The summed E-state index contributed by atoms with van der Waals surface area (Å²) in [7, 11) is 3.38. The lowest BCUT2D eigenvalue weighted by Gasteiger charge is -2.22. The Morgan fingerprint density at radius 1 is 1.29 bits per heavy atom. The van der Waals surface area contributed by atoms with Gasteiger partial charge in [-0.25, -0.2) is 0 Å². The van der Waals surface area contributed by atoms with Gasteiger partial charge in [0.2, 0.25) is 0 Å². The number of hydrogen-bond donors (Lipinski definition) is 1. The lowest BCUT2D eigenvalue weighted by Crippen LogP contribution is -2.34. The normalized spacial score (nSPS) is 16.0. The average molecular weight is 292 g/mol. The van der Waals surface area contributed by atoms with Gasteiger partial charge >= 0.3 is 0 Å². The number of nitrogens with zero attached hydrogens (tertiary/aromatic N) is 1. The maximum absolute atomic E-state index is 5.48. The van der Waals surface area contributed by atoms with Gasteiger partial charge < -0.3 is 14.8 Å². The van der Waals surface area contributed by atoms with Gasteiger partial charge in [-0.2, -0.15) is 0 Å². The number of rotatable bonds is 9. The van der Waals surface area contributed by atoms with Crippen molar-refractivity contribution >= 4 is 0 Å². The molecule has 0 spiro atoms. The molecule has 1 fully saturated rings. The molecule has 1 atom stereocenters. The van der Waals surface area contributed by atoms with Crippen LogP contribution in [0.5, 0.6) is 11.5 Å². The molecule has 1 aromatic rings. The summed E-state index contributed by atoms with van der Waals surface area (Å²) in [5.41, 5.74) is 1.17. The average Bonchev–Trinajstić information content (AvgIpc) is 3.35. The summed E-state index contributed by atoms with van der Waals surface area (Å²) in [5, 5.41) is 3.60. The van der Waals surface area contributed by atoms with E-state index in [1.165, 1.54) is 18.4 Å². The molecule has 0 bridgehead atoms. The van der Waals surface area contributed by atoms with Crippen LogP contribution in [0.3, 0.4) is 0 Å². The molecule has 1 aromatic carbocycles. The first-order valence-corrected chi connectivity index (χ1v) is 7.89. The van der Waals surface area contributed by atoms with Gasteiger partial charge in [0.25, 0.3) is 0 Å². The third-order valence-electron chi connectivity index (χ3n) is 4.23. The smallest absolute Gasteiger partial charge is 0.127 e. The number of likely N-dealkylation sites (N-methyl/N-ethyl adjacent to an activating group) is 1. The Bertz CT molecular complexity index is 446. The van der Waals surface area contributed by atoms with E-state index in [-0.39, 0.29) is 6.04 Å². The zero-order chi connectivity index (χ0) is 15.2. The number of ether oxygens (including phenoxy) is 2. The van der Waals surface area contributed by atoms with Gasteiger partial charge in [-0.05, 0) is 32.4 Å². The van der Waals surface area contributed by atoms with E-state index in [0.717, 1.165) is 37.2 Å². The number of nitrogens with one attached hydrogen (secondary N) is 1. The quantitative estimate of drug-likeness (QED) is 0.759. The van der Waals surface area contributed by atoms with Gasteiger partial charge in [0.15, 0.2) is 0 Å². The maximum Gasteiger partial charge on any atom is 0.127 e. The van der Waals surface area contributed by atoms with Crippen molar-refractivity contribution in [3.63, 3.8) is 0 Å². The molecule has 0 amide bonds. The highest BCUT2D eigenvalue weighted by molar-refractivity contribution is 5.42. The van der Waals surface area contributed by atoms with Crippen LogP contribution in [-0.2, 0) is 0 Å². The summed E-state index contributed by atoms with van der Waals surface area (Å²) in [5.74, 6) is 1.71. The van der Waals surface area contributed by atoms with Crippen LogP contribution >= 0.6 is 0 Å². The molecule has 2 rings (SSSR count). The number of hydrogen-bond acceptors (Lipinski definition) is 4. The van der Waals surface area contributed by atoms with Crippen LogP contribution < -0.4 is 14.8 Å². The Balaban J connectivity index is 1.88. The van der Waals surface area contributed by atoms with Crippen LogP contribution in [0.15, 0.2) is 18.2 Å². The lowest BCUT2D eigenvalue weighted by atomic mass is 10.1. The molecule has 0 saturated heterocycles. The molecule has 0 aromatic heterocycles. The minimum atomic E-state index is 0.267. The first kappa shape index (κ1) is 16.1. The van der Waals surface area contributed by atoms with Crippen molar-refractivity contribution in [1.29, 1.82) is 0 Å². The second-order valence-corrected chi connectivity index (χ2v) is 5.64. The van der Waals surface area contributed by atoms with Gasteiger partial charge in [0.05, 0.1) is 14.2 Å². The SMILES string of the molecule is CCN(CCNC(C)c1ccc(OC)cc1OC)C1CC1. The second kappa shape index (κ2) is 7.66. The Morgan fingerprint density at radius 3 is 2.62 bits per heavy atom. The fraction of sp³-hybridized carbons (Fsp3) is 0.647. The van der Waals surface area contributed by atoms with Crippen LogP contribution in [0, 0.1) is 0 Å². The van der Waals surface area contributed by atoms with E-state index >= 15 is 0 Å². The van der Waals surface area contributed by atoms with Gasteiger partial charge in [-0.15, -0.1) is 0 Å². The van der Waals surface area contributed by atoms with Crippen LogP contribution in [0.25, 0.3) is 0 Å². The maximum atomic E-state index is 5.48. The minimum Gasteiger partial charge on any atom is -0.497 e. The Morgan fingerprint density at radius 2 is 2.05 bits per heavy atom. The largest absolute Gasteiger partial charge is 0.497 e. The van der Waals surface area contributed by atoms with E-state index < -0.39 is 0 Å².